The van der Waals surface area contributed by atoms with E-state index in [2.05, 4.69) is 0 Å². The summed E-state index contributed by atoms with van der Waals surface area (Å²) in [7, 11) is -3.77. The van der Waals surface area contributed by atoms with Crippen molar-refractivity contribution >= 4 is 16.0 Å². The van der Waals surface area contributed by atoms with Crippen molar-refractivity contribution < 1.29 is 18.3 Å². The van der Waals surface area contributed by atoms with Gasteiger partial charge in [0, 0.05) is 6.54 Å². The van der Waals surface area contributed by atoms with Crippen molar-refractivity contribution in [3.8, 4) is 0 Å². The fourth-order valence-electron chi connectivity index (χ4n) is 2.07. The molecule has 5 nitrogen and oxygen atoms in total. The molecule has 20 heavy (non-hydrogen) atoms. The van der Waals surface area contributed by atoms with E-state index in [4.69, 9.17) is 0 Å². The van der Waals surface area contributed by atoms with E-state index in [1.54, 1.807) is 25.1 Å². The number of hydrogen-bond acceptors (Lipinski definition) is 3. The van der Waals surface area contributed by atoms with Gasteiger partial charge < -0.3 is 5.11 Å². The first kappa shape index (κ1) is 16.7. The fourth-order valence-corrected chi connectivity index (χ4v) is 3.72. The van der Waals surface area contributed by atoms with Crippen LogP contribution >= 0.6 is 0 Å². The molecule has 112 valence electrons. The Labute approximate surface area is 120 Å². The summed E-state index contributed by atoms with van der Waals surface area (Å²) in [6, 6.07) is 6.93. The molecule has 1 aromatic rings. The van der Waals surface area contributed by atoms with Gasteiger partial charge in [-0.1, -0.05) is 44.9 Å². The largest absolute Gasteiger partial charge is 0.480 e. The highest BCUT2D eigenvalue weighted by Crippen LogP contribution is 2.20. The molecule has 0 spiro atoms. The zero-order valence-corrected chi connectivity index (χ0v) is 12.6. The summed E-state index contributed by atoms with van der Waals surface area (Å²) >= 11 is 0. The first-order valence-electron chi connectivity index (χ1n) is 6.74. The van der Waals surface area contributed by atoms with Crippen molar-refractivity contribution in [3.05, 3.63) is 30.3 Å². The summed E-state index contributed by atoms with van der Waals surface area (Å²) in [6.07, 6.45) is 1.83. The average Bonchev–Trinajstić information content (AvgIpc) is 2.43. The van der Waals surface area contributed by atoms with E-state index < -0.39 is 22.0 Å². The second-order valence-corrected chi connectivity index (χ2v) is 6.41. The minimum absolute atomic E-state index is 0.129. The first-order chi connectivity index (χ1) is 9.45. The van der Waals surface area contributed by atoms with E-state index >= 15 is 0 Å². The Balaban J connectivity index is 3.12. The maximum Gasteiger partial charge on any atom is 0.322 e. The van der Waals surface area contributed by atoms with Crippen LogP contribution in [-0.2, 0) is 14.8 Å². The van der Waals surface area contributed by atoms with E-state index in [0.29, 0.717) is 12.8 Å². The number of likely N-dealkylation sites (N-methyl/N-ethyl adjacent to an activating group) is 1. The Morgan fingerprint density at radius 1 is 1.25 bits per heavy atom. The molecule has 1 N–H and O–H groups in total. The van der Waals surface area contributed by atoms with E-state index in [1.165, 1.54) is 12.1 Å². The number of nitrogens with zero attached hydrogens (tertiary/aromatic N) is 1. The predicted octanol–water partition coefficient (Wildman–Crippen LogP) is 2.34. The number of carboxylic acids is 1. The first-order valence-corrected chi connectivity index (χ1v) is 8.18. The lowest BCUT2D eigenvalue weighted by molar-refractivity contribution is -0.141. The number of carbonyl (C=O) groups is 1. The van der Waals surface area contributed by atoms with Crippen molar-refractivity contribution in [2.75, 3.05) is 6.54 Å². The van der Waals surface area contributed by atoms with Crippen LogP contribution in [0.4, 0.5) is 0 Å². The number of hydrogen-bond donors (Lipinski definition) is 1. The van der Waals surface area contributed by atoms with Crippen molar-refractivity contribution in [3.63, 3.8) is 0 Å². The zero-order chi connectivity index (χ0) is 15.2. The molecule has 0 unspecified atom stereocenters. The van der Waals surface area contributed by atoms with Crippen LogP contribution in [0.5, 0.6) is 0 Å². The number of rotatable bonds is 8. The molecule has 6 heteroatoms. The minimum atomic E-state index is -3.77. The van der Waals surface area contributed by atoms with Crippen LogP contribution in [0.15, 0.2) is 35.2 Å². The molecular formula is C14H21NO4S. The number of unbranched alkanes of at least 4 members (excludes halogenated alkanes) is 1. The summed E-state index contributed by atoms with van der Waals surface area (Å²) in [5.74, 6) is -1.10. The second-order valence-electron chi connectivity index (χ2n) is 4.52. The Morgan fingerprint density at radius 3 is 2.30 bits per heavy atom. The molecule has 0 heterocycles. The molecule has 0 aliphatic rings. The Kier molecular flexibility index (Phi) is 6.16. The Morgan fingerprint density at radius 2 is 1.85 bits per heavy atom. The van der Waals surface area contributed by atoms with Crippen LogP contribution in [0.1, 0.15) is 33.1 Å². The van der Waals surface area contributed by atoms with Gasteiger partial charge in [0.05, 0.1) is 4.90 Å². The van der Waals surface area contributed by atoms with Crippen LogP contribution < -0.4 is 0 Å². The van der Waals surface area contributed by atoms with Gasteiger partial charge in [-0.05, 0) is 18.6 Å². The Bertz CT molecular complexity index is 527. The molecular weight excluding hydrogens is 278 g/mol. The molecule has 0 radical (unpaired) electrons. The maximum absolute atomic E-state index is 12.5. The predicted molar refractivity (Wildman–Crippen MR) is 77.0 cm³/mol. The third-order valence-electron chi connectivity index (χ3n) is 3.13. The second kappa shape index (κ2) is 7.40. The van der Waals surface area contributed by atoms with Crippen LogP contribution in [0, 0.1) is 0 Å². The summed E-state index contributed by atoms with van der Waals surface area (Å²) in [6.45, 7) is 3.74. The van der Waals surface area contributed by atoms with Crippen molar-refractivity contribution in [2.45, 2.75) is 44.0 Å². The molecule has 1 atom stereocenters. The van der Waals surface area contributed by atoms with Gasteiger partial charge in [0.2, 0.25) is 10.0 Å². The Hall–Kier alpha value is -1.40. The number of aliphatic carboxylic acids is 1. The summed E-state index contributed by atoms with van der Waals surface area (Å²) in [4.78, 5) is 11.5. The van der Waals surface area contributed by atoms with Gasteiger partial charge in [0.25, 0.3) is 0 Å². The van der Waals surface area contributed by atoms with Crippen molar-refractivity contribution in [2.24, 2.45) is 0 Å². The highest BCUT2D eigenvalue weighted by atomic mass is 32.2. The monoisotopic (exact) mass is 299 g/mol. The lowest BCUT2D eigenvalue weighted by atomic mass is 10.1. The maximum atomic E-state index is 12.5. The van der Waals surface area contributed by atoms with Crippen LogP contribution in [0.3, 0.4) is 0 Å². The molecule has 0 aliphatic heterocycles. The van der Waals surface area contributed by atoms with Crippen LogP contribution in [0.2, 0.25) is 0 Å². The van der Waals surface area contributed by atoms with Crippen molar-refractivity contribution in [1.29, 1.82) is 0 Å². The van der Waals surface area contributed by atoms with Gasteiger partial charge in [-0.25, -0.2) is 8.42 Å². The third kappa shape index (κ3) is 3.80. The van der Waals surface area contributed by atoms with Gasteiger partial charge >= 0.3 is 5.97 Å². The lowest BCUT2D eigenvalue weighted by Crippen LogP contribution is -2.44. The highest BCUT2D eigenvalue weighted by molar-refractivity contribution is 7.89. The standard InChI is InChI=1S/C14H21NO4S/c1-3-5-11-13(14(16)17)15(4-2)20(18,19)12-9-7-6-8-10-12/h6-10,13H,3-5,11H2,1-2H3,(H,16,17)/t13-/m0/s1. The third-order valence-corrected chi connectivity index (χ3v) is 5.12. The molecule has 0 saturated heterocycles. The van der Waals surface area contributed by atoms with Gasteiger partial charge in [-0.2, -0.15) is 4.31 Å². The quantitative estimate of drug-likeness (QED) is 0.799. The SMILES string of the molecule is CCCC[C@@H](C(=O)O)N(CC)S(=O)(=O)c1ccccc1. The molecule has 0 fully saturated rings. The number of sulfonamides is 1. The van der Waals surface area contributed by atoms with Crippen LogP contribution in [-0.4, -0.2) is 36.4 Å². The van der Waals surface area contributed by atoms with Gasteiger partial charge in [0.15, 0.2) is 0 Å². The van der Waals surface area contributed by atoms with Gasteiger partial charge in [-0.3, -0.25) is 4.79 Å². The van der Waals surface area contributed by atoms with E-state index in [-0.39, 0.29) is 11.4 Å². The normalized spacial score (nSPS) is 13.3. The fraction of sp³-hybridized carbons (Fsp3) is 0.500. The lowest BCUT2D eigenvalue weighted by Gasteiger charge is -2.27. The average molecular weight is 299 g/mol. The van der Waals surface area contributed by atoms with E-state index in [0.717, 1.165) is 10.7 Å². The summed E-state index contributed by atoms with van der Waals surface area (Å²) < 4.78 is 26.1. The van der Waals surface area contributed by atoms with Crippen LogP contribution in [0.25, 0.3) is 0 Å². The van der Waals surface area contributed by atoms with Gasteiger partial charge in [0.1, 0.15) is 6.04 Å². The molecule has 0 aliphatic carbocycles. The van der Waals surface area contributed by atoms with E-state index in [9.17, 15) is 18.3 Å². The highest BCUT2D eigenvalue weighted by Gasteiger charge is 2.34. The molecule has 0 saturated carbocycles. The molecule has 0 bridgehead atoms. The van der Waals surface area contributed by atoms with E-state index in [1.807, 2.05) is 6.92 Å². The topological polar surface area (TPSA) is 74.7 Å². The zero-order valence-electron chi connectivity index (χ0n) is 11.8. The van der Waals surface area contributed by atoms with Crippen molar-refractivity contribution in [1.82, 2.24) is 4.31 Å². The number of benzene rings is 1. The molecule has 1 rings (SSSR count). The molecule has 0 amide bonds. The van der Waals surface area contributed by atoms with Gasteiger partial charge in [-0.15, -0.1) is 0 Å². The smallest absolute Gasteiger partial charge is 0.322 e. The molecule has 0 aromatic heterocycles. The summed E-state index contributed by atoms with van der Waals surface area (Å²) in [5, 5.41) is 9.31. The molecule has 1 aromatic carbocycles. The minimum Gasteiger partial charge on any atom is -0.480 e. The summed E-state index contributed by atoms with van der Waals surface area (Å²) in [5.41, 5.74) is 0. The number of carboxylic acid groups (broad SMARTS) is 1.